The summed E-state index contributed by atoms with van der Waals surface area (Å²) in [6, 6.07) is 6.44. The average Bonchev–Trinajstić information content (AvgIpc) is 2.52. The predicted molar refractivity (Wildman–Crippen MR) is 80.5 cm³/mol. The van der Waals surface area contributed by atoms with E-state index in [1.807, 2.05) is 0 Å². The van der Waals surface area contributed by atoms with Gasteiger partial charge in [-0.05, 0) is 23.8 Å². The summed E-state index contributed by atoms with van der Waals surface area (Å²) in [6.07, 6.45) is -3.42. The molecule has 0 aliphatic carbocycles. The van der Waals surface area contributed by atoms with Gasteiger partial charge in [0.25, 0.3) is 0 Å². The molecule has 2 rings (SSSR count). The Kier molecular flexibility index (Phi) is 5.97. The molecule has 0 saturated carbocycles. The second-order valence-electron chi connectivity index (χ2n) is 5.06. The quantitative estimate of drug-likeness (QED) is 0.457. The molecule has 1 heterocycles. The first kappa shape index (κ1) is 17.7. The van der Waals surface area contributed by atoms with Crippen LogP contribution in [0.2, 0.25) is 5.02 Å². The number of aliphatic hydroxyl groups excluding tert-OH is 3. The van der Waals surface area contributed by atoms with Crippen molar-refractivity contribution in [3.8, 4) is 0 Å². The molecule has 1 aliphatic rings. The van der Waals surface area contributed by atoms with Crippen molar-refractivity contribution in [3.05, 3.63) is 40.6 Å². The van der Waals surface area contributed by atoms with Crippen LogP contribution in [0.25, 0.3) is 6.08 Å². The Hall–Kier alpha value is -1.64. The van der Waals surface area contributed by atoms with Crippen LogP contribution in [-0.4, -0.2) is 57.6 Å². The third kappa shape index (κ3) is 4.66. The van der Waals surface area contributed by atoms with Gasteiger partial charge in [-0.3, -0.25) is 0 Å². The molecule has 1 aromatic rings. The SMILES string of the molecule is O=C(O)/C(=C/c1ccc(Cl)cc1)OC1CC(O)C(O)C(CO)O1. The fourth-order valence-corrected chi connectivity index (χ4v) is 2.27. The summed E-state index contributed by atoms with van der Waals surface area (Å²) < 4.78 is 10.5. The number of carboxylic acid groups (broad SMARTS) is 1. The summed E-state index contributed by atoms with van der Waals surface area (Å²) in [5.74, 6) is -1.71. The number of aliphatic hydroxyl groups is 3. The molecule has 126 valence electrons. The van der Waals surface area contributed by atoms with E-state index in [2.05, 4.69) is 0 Å². The number of aliphatic carboxylic acids is 1. The topological polar surface area (TPSA) is 116 Å². The summed E-state index contributed by atoms with van der Waals surface area (Å²) in [5.41, 5.74) is 0.557. The lowest BCUT2D eigenvalue weighted by molar-refractivity contribution is -0.246. The molecule has 0 radical (unpaired) electrons. The van der Waals surface area contributed by atoms with E-state index in [4.69, 9.17) is 26.2 Å². The van der Waals surface area contributed by atoms with Crippen LogP contribution >= 0.6 is 11.6 Å². The van der Waals surface area contributed by atoms with Crippen LogP contribution in [0, 0.1) is 0 Å². The lowest BCUT2D eigenvalue weighted by Gasteiger charge is -2.36. The minimum atomic E-state index is -1.32. The molecule has 1 saturated heterocycles. The molecule has 0 spiro atoms. The zero-order valence-electron chi connectivity index (χ0n) is 12.0. The van der Waals surface area contributed by atoms with Gasteiger partial charge in [-0.2, -0.15) is 0 Å². The van der Waals surface area contributed by atoms with Gasteiger partial charge in [0.2, 0.25) is 12.0 Å². The number of carboxylic acids is 1. The maximum absolute atomic E-state index is 11.3. The van der Waals surface area contributed by atoms with Gasteiger partial charge in [0, 0.05) is 11.4 Å². The van der Waals surface area contributed by atoms with Gasteiger partial charge >= 0.3 is 5.97 Å². The maximum atomic E-state index is 11.3. The number of rotatable bonds is 5. The highest BCUT2D eigenvalue weighted by Gasteiger charge is 2.38. The molecule has 0 bridgehead atoms. The monoisotopic (exact) mass is 344 g/mol. The predicted octanol–water partition coefficient (Wildman–Crippen LogP) is 0.611. The van der Waals surface area contributed by atoms with E-state index in [1.165, 1.54) is 6.08 Å². The van der Waals surface area contributed by atoms with Crippen LogP contribution < -0.4 is 0 Å². The standard InChI is InChI=1S/C15H17ClO7/c16-9-3-1-8(2-4-9)5-11(15(20)21)22-13-6-10(18)14(19)12(7-17)23-13/h1-5,10,12-14,17-19H,6-7H2,(H,20,21)/b11-5-. The smallest absolute Gasteiger partial charge is 0.371 e. The highest BCUT2D eigenvalue weighted by molar-refractivity contribution is 6.30. The molecule has 1 fully saturated rings. The Bertz CT molecular complexity index is 572. The van der Waals surface area contributed by atoms with Crippen molar-refractivity contribution < 1.29 is 34.7 Å². The molecule has 0 aromatic heterocycles. The van der Waals surface area contributed by atoms with Gasteiger partial charge in [-0.25, -0.2) is 4.79 Å². The first-order valence-electron chi connectivity index (χ1n) is 6.90. The average molecular weight is 345 g/mol. The molecule has 4 unspecified atom stereocenters. The minimum Gasteiger partial charge on any atom is -0.475 e. The molecule has 7 nitrogen and oxygen atoms in total. The molecular formula is C15H17ClO7. The Morgan fingerprint density at radius 1 is 1.35 bits per heavy atom. The van der Waals surface area contributed by atoms with Crippen molar-refractivity contribution in [1.29, 1.82) is 0 Å². The Labute approximate surface area is 137 Å². The summed E-state index contributed by atoms with van der Waals surface area (Å²) in [4.78, 5) is 11.3. The van der Waals surface area contributed by atoms with Crippen LogP contribution in [0.15, 0.2) is 30.0 Å². The third-order valence-electron chi connectivity index (χ3n) is 3.35. The lowest BCUT2D eigenvalue weighted by atomic mass is 10.0. The number of halogens is 1. The minimum absolute atomic E-state index is 0.122. The van der Waals surface area contributed by atoms with Gasteiger partial charge in [-0.15, -0.1) is 0 Å². The second kappa shape index (κ2) is 7.76. The first-order chi connectivity index (χ1) is 10.9. The van der Waals surface area contributed by atoms with E-state index in [0.29, 0.717) is 10.6 Å². The van der Waals surface area contributed by atoms with E-state index in [1.54, 1.807) is 24.3 Å². The first-order valence-corrected chi connectivity index (χ1v) is 7.28. The van der Waals surface area contributed by atoms with Gasteiger partial charge < -0.3 is 29.9 Å². The highest BCUT2D eigenvalue weighted by atomic mass is 35.5. The van der Waals surface area contributed by atoms with Gasteiger partial charge in [-0.1, -0.05) is 23.7 Å². The maximum Gasteiger partial charge on any atom is 0.371 e. The largest absolute Gasteiger partial charge is 0.475 e. The summed E-state index contributed by atoms with van der Waals surface area (Å²) in [5, 5.41) is 38.2. The fourth-order valence-electron chi connectivity index (χ4n) is 2.14. The number of benzene rings is 1. The summed E-state index contributed by atoms with van der Waals surface area (Å²) in [6.45, 7) is -0.526. The van der Waals surface area contributed by atoms with Crippen LogP contribution in [0.4, 0.5) is 0 Å². The van der Waals surface area contributed by atoms with Crippen molar-refractivity contribution in [3.63, 3.8) is 0 Å². The molecule has 4 atom stereocenters. The van der Waals surface area contributed by atoms with Crippen molar-refractivity contribution in [2.24, 2.45) is 0 Å². The number of hydrogen-bond donors (Lipinski definition) is 4. The molecular weight excluding hydrogens is 328 g/mol. The molecule has 8 heteroatoms. The Morgan fingerprint density at radius 3 is 2.57 bits per heavy atom. The van der Waals surface area contributed by atoms with Crippen molar-refractivity contribution in [1.82, 2.24) is 0 Å². The third-order valence-corrected chi connectivity index (χ3v) is 3.60. The molecule has 1 aliphatic heterocycles. The second-order valence-corrected chi connectivity index (χ2v) is 5.50. The van der Waals surface area contributed by atoms with E-state index in [9.17, 15) is 20.1 Å². The summed E-state index contributed by atoms with van der Waals surface area (Å²) >= 11 is 5.76. The number of hydrogen-bond acceptors (Lipinski definition) is 6. The van der Waals surface area contributed by atoms with Gasteiger partial charge in [0.1, 0.15) is 12.2 Å². The molecule has 23 heavy (non-hydrogen) atoms. The van der Waals surface area contributed by atoms with Gasteiger partial charge in [0.05, 0.1) is 12.7 Å². The molecule has 0 amide bonds. The van der Waals surface area contributed by atoms with Crippen LogP contribution in [0.5, 0.6) is 0 Å². The normalized spacial score (nSPS) is 28.4. The Balaban J connectivity index is 2.13. The Morgan fingerprint density at radius 2 is 2.00 bits per heavy atom. The van der Waals surface area contributed by atoms with Crippen LogP contribution in [0.1, 0.15) is 12.0 Å². The zero-order valence-corrected chi connectivity index (χ0v) is 12.8. The molecule has 4 N–H and O–H groups in total. The van der Waals surface area contributed by atoms with Crippen LogP contribution in [-0.2, 0) is 14.3 Å². The van der Waals surface area contributed by atoms with Crippen molar-refractivity contribution >= 4 is 23.6 Å². The van der Waals surface area contributed by atoms with Gasteiger partial charge in [0.15, 0.2) is 0 Å². The zero-order chi connectivity index (χ0) is 17.0. The molecule has 1 aromatic carbocycles. The van der Waals surface area contributed by atoms with Crippen molar-refractivity contribution in [2.45, 2.75) is 31.0 Å². The van der Waals surface area contributed by atoms with E-state index in [-0.39, 0.29) is 6.42 Å². The van der Waals surface area contributed by atoms with E-state index in [0.717, 1.165) is 0 Å². The van der Waals surface area contributed by atoms with E-state index >= 15 is 0 Å². The van der Waals surface area contributed by atoms with E-state index < -0.39 is 42.9 Å². The number of carbonyl (C=O) groups is 1. The van der Waals surface area contributed by atoms with Crippen LogP contribution in [0.3, 0.4) is 0 Å². The number of ether oxygens (including phenoxy) is 2. The fraction of sp³-hybridized carbons (Fsp3) is 0.400. The van der Waals surface area contributed by atoms with Crippen molar-refractivity contribution in [2.75, 3.05) is 6.61 Å². The lowest BCUT2D eigenvalue weighted by Crippen LogP contribution is -2.50. The highest BCUT2D eigenvalue weighted by Crippen LogP contribution is 2.24. The summed E-state index contributed by atoms with van der Waals surface area (Å²) in [7, 11) is 0.